The molecule has 1 N–H and O–H groups in total. The van der Waals surface area contributed by atoms with Crippen LogP contribution in [0.2, 0.25) is 0 Å². The third-order valence-electron chi connectivity index (χ3n) is 1.85. The van der Waals surface area contributed by atoms with Crippen molar-refractivity contribution in [1.82, 2.24) is 5.32 Å². The van der Waals surface area contributed by atoms with Crippen LogP contribution in [0.3, 0.4) is 0 Å². The molecule has 1 fully saturated rings. The van der Waals surface area contributed by atoms with Gasteiger partial charge in [0.15, 0.2) is 0 Å². The summed E-state index contributed by atoms with van der Waals surface area (Å²) in [6, 6.07) is 0. The van der Waals surface area contributed by atoms with Gasteiger partial charge >= 0.3 is 0 Å². The van der Waals surface area contributed by atoms with E-state index in [1.165, 1.54) is 18.6 Å². The van der Waals surface area contributed by atoms with Crippen molar-refractivity contribution in [3.05, 3.63) is 0 Å². The molecule has 54 valence electrons. The Morgan fingerprint density at radius 1 is 1.67 bits per heavy atom. The van der Waals surface area contributed by atoms with Crippen LogP contribution in [0, 0.1) is 0 Å². The SMILES string of the molecule is CNCC1(C)CCCS1. The van der Waals surface area contributed by atoms with E-state index in [9.17, 15) is 0 Å². The Morgan fingerprint density at radius 2 is 2.44 bits per heavy atom. The van der Waals surface area contributed by atoms with E-state index in [2.05, 4.69) is 24.0 Å². The van der Waals surface area contributed by atoms with Crippen LogP contribution in [0.4, 0.5) is 0 Å². The van der Waals surface area contributed by atoms with E-state index < -0.39 is 0 Å². The Bertz CT molecular complexity index is 86.9. The Kier molecular flexibility index (Phi) is 2.42. The minimum atomic E-state index is 0.550. The highest BCUT2D eigenvalue weighted by atomic mass is 32.2. The van der Waals surface area contributed by atoms with Crippen LogP contribution in [0.25, 0.3) is 0 Å². The summed E-state index contributed by atoms with van der Waals surface area (Å²) in [5.74, 6) is 1.36. The van der Waals surface area contributed by atoms with E-state index in [-0.39, 0.29) is 0 Å². The molecule has 0 radical (unpaired) electrons. The normalized spacial score (nSPS) is 35.3. The quantitative estimate of drug-likeness (QED) is 0.632. The summed E-state index contributed by atoms with van der Waals surface area (Å²) in [6.07, 6.45) is 2.79. The second-order valence-electron chi connectivity index (χ2n) is 2.93. The zero-order valence-corrected chi connectivity index (χ0v) is 7.05. The predicted octanol–water partition coefficient (Wildman–Crippen LogP) is 1.49. The van der Waals surface area contributed by atoms with Gasteiger partial charge in [-0.1, -0.05) is 0 Å². The molecule has 1 unspecified atom stereocenters. The van der Waals surface area contributed by atoms with Crippen LogP contribution in [0.5, 0.6) is 0 Å². The second kappa shape index (κ2) is 2.93. The van der Waals surface area contributed by atoms with Crippen LogP contribution >= 0.6 is 11.8 Å². The van der Waals surface area contributed by atoms with Gasteiger partial charge < -0.3 is 5.32 Å². The standard InChI is InChI=1S/C7H15NS/c1-7(6-8-2)4-3-5-9-7/h8H,3-6H2,1-2H3. The van der Waals surface area contributed by atoms with E-state index in [0.29, 0.717) is 4.75 Å². The van der Waals surface area contributed by atoms with Gasteiger partial charge in [0.1, 0.15) is 0 Å². The van der Waals surface area contributed by atoms with Gasteiger partial charge in [-0.05, 0) is 32.6 Å². The van der Waals surface area contributed by atoms with E-state index >= 15 is 0 Å². The van der Waals surface area contributed by atoms with Crippen molar-refractivity contribution in [1.29, 1.82) is 0 Å². The Hall–Kier alpha value is 0.310. The van der Waals surface area contributed by atoms with Crippen LogP contribution < -0.4 is 5.32 Å². The molecule has 1 aliphatic rings. The molecule has 0 aliphatic carbocycles. The largest absolute Gasteiger partial charge is 0.318 e. The lowest BCUT2D eigenvalue weighted by Gasteiger charge is -2.21. The average molecular weight is 145 g/mol. The third-order valence-corrected chi connectivity index (χ3v) is 3.39. The van der Waals surface area contributed by atoms with Crippen molar-refractivity contribution in [3.63, 3.8) is 0 Å². The third kappa shape index (κ3) is 1.87. The van der Waals surface area contributed by atoms with Gasteiger partial charge in [-0.25, -0.2) is 0 Å². The Morgan fingerprint density at radius 3 is 2.89 bits per heavy atom. The molecule has 0 bridgehead atoms. The van der Waals surface area contributed by atoms with Crippen molar-refractivity contribution >= 4 is 11.8 Å². The molecule has 0 saturated carbocycles. The summed E-state index contributed by atoms with van der Waals surface area (Å²) >= 11 is 2.11. The first-order valence-corrected chi connectivity index (χ1v) is 4.54. The maximum atomic E-state index is 3.23. The summed E-state index contributed by atoms with van der Waals surface area (Å²) in [7, 11) is 2.03. The number of thioether (sulfide) groups is 1. The molecule has 0 amide bonds. The molecule has 1 atom stereocenters. The minimum absolute atomic E-state index is 0.550. The molecular formula is C7H15NS. The molecule has 1 rings (SSSR count). The van der Waals surface area contributed by atoms with Crippen LogP contribution in [0.1, 0.15) is 19.8 Å². The van der Waals surface area contributed by atoms with Crippen LogP contribution in [0.15, 0.2) is 0 Å². The van der Waals surface area contributed by atoms with Gasteiger partial charge in [-0.3, -0.25) is 0 Å². The predicted molar refractivity (Wildman–Crippen MR) is 44.0 cm³/mol. The first-order valence-electron chi connectivity index (χ1n) is 3.55. The van der Waals surface area contributed by atoms with Crippen molar-refractivity contribution in [2.24, 2.45) is 0 Å². The van der Waals surface area contributed by atoms with E-state index in [0.717, 1.165) is 6.54 Å². The van der Waals surface area contributed by atoms with E-state index in [4.69, 9.17) is 0 Å². The molecule has 1 heterocycles. The number of hydrogen-bond acceptors (Lipinski definition) is 2. The highest BCUT2D eigenvalue weighted by Gasteiger charge is 2.27. The van der Waals surface area contributed by atoms with Gasteiger partial charge in [0, 0.05) is 11.3 Å². The molecule has 0 aromatic carbocycles. The van der Waals surface area contributed by atoms with Crippen molar-refractivity contribution in [2.45, 2.75) is 24.5 Å². The lowest BCUT2D eigenvalue weighted by Crippen LogP contribution is -2.30. The highest BCUT2D eigenvalue weighted by molar-refractivity contribution is 8.00. The van der Waals surface area contributed by atoms with Crippen molar-refractivity contribution in [2.75, 3.05) is 19.3 Å². The first-order chi connectivity index (χ1) is 4.27. The molecule has 1 nitrogen and oxygen atoms in total. The number of hydrogen-bond donors (Lipinski definition) is 1. The molecule has 0 aromatic rings. The Labute approximate surface area is 61.6 Å². The van der Waals surface area contributed by atoms with E-state index in [1.807, 2.05) is 7.05 Å². The number of rotatable bonds is 2. The number of nitrogens with one attached hydrogen (secondary N) is 1. The summed E-state index contributed by atoms with van der Waals surface area (Å²) in [5.41, 5.74) is 0. The van der Waals surface area contributed by atoms with Crippen LogP contribution in [-0.2, 0) is 0 Å². The average Bonchev–Trinajstić information content (AvgIpc) is 2.16. The highest BCUT2D eigenvalue weighted by Crippen LogP contribution is 2.36. The molecule has 2 heteroatoms. The minimum Gasteiger partial charge on any atom is -0.318 e. The lowest BCUT2D eigenvalue weighted by molar-refractivity contribution is 0.569. The molecule has 0 aromatic heterocycles. The maximum Gasteiger partial charge on any atom is 0.0256 e. The Balaban J connectivity index is 2.32. The summed E-state index contributed by atoms with van der Waals surface area (Å²) in [4.78, 5) is 0. The fourth-order valence-electron chi connectivity index (χ4n) is 1.35. The van der Waals surface area contributed by atoms with Gasteiger partial charge in [0.2, 0.25) is 0 Å². The zero-order chi connectivity index (χ0) is 6.74. The zero-order valence-electron chi connectivity index (χ0n) is 6.24. The van der Waals surface area contributed by atoms with Gasteiger partial charge in [0.05, 0.1) is 0 Å². The van der Waals surface area contributed by atoms with Crippen LogP contribution in [-0.4, -0.2) is 24.1 Å². The fraction of sp³-hybridized carbons (Fsp3) is 1.00. The molecular weight excluding hydrogens is 130 g/mol. The fourth-order valence-corrected chi connectivity index (χ4v) is 2.67. The monoisotopic (exact) mass is 145 g/mol. The second-order valence-corrected chi connectivity index (χ2v) is 4.61. The lowest BCUT2D eigenvalue weighted by atomic mass is 10.1. The first kappa shape index (κ1) is 7.42. The summed E-state index contributed by atoms with van der Waals surface area (Å²) in [5, 5.41) is 3.23. The maximum absolute atomic E-state index is 3.23. The molecule has 1 saturated heterocycles. The molecule has 1 aliphatic heterocycles. The van der Waals surface area contributed by atoms with Gasteiger partial charge in [-0.2, -0.15) is 11.8 Å². The van der Waals surface area contributed by atoms with Gasteiger partial charge in [0.25, 0.3) is 0 Å². The van der Waals surface area contributed by atoms with Crippen molar-refractivity contribution in [3.8, 4) is 0 Å². The summed E-state index contributed by atoms with van der Waals surface area (Å²) < 4.78 is 0.550. The van der Waals surface area contributed by atoms with Gasteiger partial charge in [-0.15, -0.1) is 0 Å². The van der Waals surface area contributed by atoms with E-state index in [1.54, 1.807) is 0 Å². The smallest absolute Gasteiger partial charge is 0.0256 e. The molecule has 0 spiro atoms. The van der Waals surface area contributed by atoms with Crippen molar-refractivity contribution < 1.29 is 0 Å². The molecule has 9 heavy (non-hydrogen) atoms. The topological polar surface area (TPSA) is 12.0 Å². The summed E-state index contributed by atoms with van der Waals surface area (Å²) in [6.45, 7) is 3.51.